The number of amides is 2. The molecule has 0 atom stereocenters. The van der Waals surface area contributed by atoms with E-state index < -0.39 is 29.0 Å². The molecule has 0 spiro atoms. The molecule has 0 saturated carbocycles. The van der Waals surface area contributed by atoms with E-state index >= 15 is 0 Å². The maximum absolute atomic E-state index is 13.2. The van der Waals surface area contributed by atoms with E-state index in [1.165, 1.54) is 24.3 Å². The molecule has 4 rings (SSSR count). The molecule has 144 valence electrons. The molecule has 0 saturated heterocycles. The van der Waals surface area contributed by atoms with Crippen molar-refractivity contribution in [3.05, 3.63) is 91.4 Å². The standard InChI is InChI=1S/C20H11BrFN3O4/c21-10-3-6-14(12(7-10)17(27)9-1-4-11(22)5-2-9)25-15(26)8-13-16(18(25)23)20(29)24-19(13)28/h1-8H,23H2,(H,24,28,29). The molecule has 3 N–H and O–H groups in total. The lowest BCUT2D eigenvalue weighted by molar-refractivity contribution is 0.0879. The van der Waals surface area contributed by atoms with E-state index in [0.29, 0.717) is 4.47 Å². The average molecular weight is 456 g/mol. The Labute approximate surface area is 171 Å². The zero-order chi connectivity index (χ0) is 20.9. The van der Waals surface area contributed by atoms with Crippen LogP contribution in [0.2, 0.25) is 0 Å². The first-order valence-corrected chi connectivity index (χ1v) is 9.08. The number of benzene rings is 2. The number of nitrogens with zero attached hydrogens (tertiary/aromatic N) is 1. The summed E-state index contributed by atoms with van der Waals surface area (Å²) in [5.41, 5.74) is 5.57. The van der Waals surface area contributed by atoms with Crippen LogP contribution in [0.25, 0.3) is 5.69 Å². The minimum absolute atomic E-state index is 0.101. The highest BCUT2D eigenvalue weighted by atomic mass is 79.9. The predicted molar refractivity (Wildman–Crippen MR) is 106 cm³/mol. The fourth-order valence-corrected chi connectivity index (χ4v) is 3.53. The first-order chi connectivity index (χ1) is 13.8. The van der Waals surface area contributed by atoms with Crippen LogP contribution in [0.3, 0.4) is 0 Å². The third kappa shape index (κ3) is 3.05. The summed E-state index contributed by atoms with van der Waals surface area (Å²) in [5.74, 6) is -2.66. The number of ketones is 1. The van der Waals surface area contributed by atoms with Crippen molar-refractivity contribution in [2.24, 2.45) is 0 Å². The summed E-state index contributed by atoms with van der Waals surface area (Å²) in [7, 11) is 0. The third-order valence-corrected chi connectivity index (χ3v) is 5.00. The minimum Gasteiger partial charge on any atom is -0.384 e. The molecule has 1 aliphatic heterocycles. The van der Waals surface area contributed by atoms with Crippen LogP contribution in [0.1, 0.15) is 36.6 Å². The van der Waals surface area contributed by atoms with Crippen molar-refractivity contribution in [2.75, 3.05) is 5.73 Å². The molecule has 0 radical (unpaired) electrons. The third-order valence-electron chi connectivity index (χ3n) is 4.50. The Hall–Kier alpha value is -3.59. The normalized spacial score (nSPS) is 12.6. The van der Waals surface area contributed by atoms with Gasteiger partial charge in [0.25, 0.3) is 17.4 Å². The number of imide groups is 1. The van der Waals surface area contributed by atoms with Gasteiger partial charge in [-0.1, -0.05) is 15.9 Å². The van der Waals surface area contributed by atoms with E-state index in [1.807, 2.05) is 0 Å². The molecule has 7 nitrogen and oxygen atoms in total. The highest BCUT2D eigenvalue weighted by Crippen LogP contribution is 2.27. The van der Waals surface area contributed by atoms with Gasteiger partial charge < -0.3 is 5.73 Å². The highest BCUT2D eigenvalue weighted by Gasteiger charge is 2.32. The molecule has 0 unspecified atom stereocenters. The number of nitrogens with one attached hydrogen (secondary N) is 1. The van der Waals surface area contributed by atoms with Gasteiger partial charge in [0.05, 0.1) is 16.8 Å². The van der Waals surface area contributed by atoms with Crippen LogP contribution in [0.4, 0.5) is 10.2 Å². The molecular weight excluding hydrogens is 445 g/mol. The second-order valence-corrected chi connectivity index (χ2v) is 7.19. The lowest BCUT2D eigenvalue weighted by atomic mass is 10.0. The van der Waals surface area contributed by atoms with Crippen LogP contribution in [0.15, 0.2) is 57.8 Å². The van der Waals surface area contributed by atoms with Gasteiger partial charge in [0.1, 0.15) is 11.6 Å². The molecule has 2 amide bonds. The summed E-state index contributed by atoms with van der Waals surface area (Å²) >= 11 is 3.29. The smallest absolute Gasteiger partial charge is 0.262 e. The van der Waals surface area contributed by atoms with Crippen molar-refractivity contribution >= 4 is 39.3 Å². The Morgan fingerprint density at radius 3 is 2.38 bits per heavy atom. The summed E-state index contributed by atoms with van der Waals surface area (Å²) in [6.45, 7) is 0. The number of rotatable bonds is 3. The number of carbonyl (C=O) groups is 3. The van der Waals surface area contributed by atoms with Gasteiger partial charge in [0.15, 0.2) is 5.78 Å². The van der Waals surface area contributed by atoms with E-state index in [-0.39, 0.29) is 33.8 Å². The molecule has 2 aromatic carbocycles. The second-order valence-electron chi connectivity index (χ2n) is 6.27. The van der Waals surface area contributed by atoms with Crippen molar-refractivity contribution in [3.63, 3.8) is 0 Å². The molecule has 1 aliphatic rings. The van der Waals surface area contributed by atoms with E-state index in [2.05, 4.69) is 21.2 Å². The fourth-order valence-electron chi connectivity index (χ4n) is 3.17. The van der Waals surface area contributed by atoms with E-state index in [0.717, 1.165) is 22.8 Å². The summed E-state index contributed by atoms with van der Waals surface area (Å²) in [6, 6.07) is 10.5. The molecular formula is C20H11BrFN3O4. The fraction of sp³-hybridized carbons (Fsp3) is 0. The first kappa shape index (κ1) is 18.8. The lowest BCUT2D eigenvalue weighted by Crippen LogP contribution is -2.25. The molecule has 1 aromatic heterocycles. The minimum atomic E-state index is -0.722. The number of nitrogen functional groups attached to an aromatic ring is 1. The number of nitrogens with two attached hydrogens (primary N) is 1. The summed E-state index contributed by atoms with van der Waals surface area (Å²) in [6.07, 6.45) is 0. The summed E-state index contributed by atoms with van der Waals surface area (Å²) < 4.78 is 14.8. The van der Waals surface area contributed by atoms with Gasteiger partial charge in [0.2, 0.25) is 0 Å². The lowest BCUT2D eigenvalue weighted by Gasteiger charge is -2.16. The molecule has 2 heterocycles. The number of anilines is 1. The van der Waals surface area contributed by atoms with Crippen molar-refractivity contribution < 1.29 is 18.8 Å². The second kappa shape index (κ2) is 6.78. The van der Waals surface area contributed by atoms with Crippen molar-refractivity contribution in [2.45, 2.75) is 0 Å². The SMILES string of the molecule is Nc1c2c(cc(=O)n1-c1ccc(Br)cc1C(=O)c1ccc(F)cc1)C(=O)NC2=O. The Morgan fingerprint density at radius 2 is 1.69 bits per heavy atom. The zero-order valence-electron chi connectivity index (χ0n) is 14.5. The zero-order valence-corrected chi connectivity index (χ0v) is 16.1. The van der Waals surface area contributed by atoms with Crippen molar-refractivity contribution in [1.82, 2.24) is 9.88 Å². The van der Waals surface area contributed by atoms with Gasteiger partial charge in [-0.2, -0.15) is 0 Å². The van der Waals surface area contributed by atoms with Gasteiger partial charge >= 0.3 is 0 Å². The van der Waals surface area contributed by atoms with Gasteiger partial charge in [-0.25, -0.2) is 4.39 Å². The molecule has 0 aliphatic carbocycles. The summed E-state index contributed by atoms with van der Waals surface area (Å²) in [5, 5.41) is 2.09. The Balaban J connectivity index is 1.96. The Kier molecular flexibility index (Phi) is 4.39. The van der Waals surface area contributed by atoms with Gasteiger partial charge in [-0.3, -0.25) is 29.1 Å². The largest absolute Gasteiger partial charge is 0.384 e. The van der Waals surface area contributed by atoms with Crippen molar-refractivity contribution in [1.29, 1.82) is 0 Å². The van der Waals surface area contributed by atoms with E-state index in [1.54, 1.807) is 6.07 Å². The van der Waals surface area contributed by atoms with Gasteiger partial charge in [-0.15, -0.1) is 0 Å². The molecule has 3 aromatic rings. The highest BCUT2D eigenvalue weighted by molar-refractivity contribution is 9.10. The Bertz CT molecular complexity index is 1280. The van der Waals surface area contributed by atoms with Crippen molar-refractivity contribution in [3.8, 4) is 5.69 Å². The van der Waals surface area contributed by atoms with Crippen LogP contribution in [0, 0.1) is 5.82 Å². The number of aromatic nitrogens is 1. The van der Waals surface area contributed by atoms with Crippen LogP contribution in [-0.4, -0.2) is 22.2 Å². The predicted octanol–water partition coefficient (Wildman–Crippen LogP) is 2.44. The van der Waals surface area contributed by atoms with E-state index in [9.17, 15) is 23.6 Å². The molecule has 0 bridgehead atoms. The summed E-state index contributed by atoms with van der Waals surface area (Å²) in [4.78, 5) is 49.7. The van der Waals surface area contributed by atoms with Crippen LogP contribution < -0.4 is 16.6 Å². The monoisotopic (exact) mass is 455 g/mol. The molecule has 9 heteroatoms. The maximum atomic E-state index is 13.2. The van der Waals surface area contributed by atoms with Crippen LogP contribution in [-0.2, 0) is 0 Å². The first-order valence-electron chi connectivity index (χ1n) is 8.29. The van der Waals surface area contributed by atoms with Gasteiger partial charge in [0, 0.05) is 21.7 Å². The molecule has 29 heavy (non-hydrogen) atoms. The average Bonchev–Trinajstić information content (AvgIpc) is 2.96. The van der Waals surface area contributed by atoms with Crippen LogP contribution in [0.5, 0.6) is 0 Å². The number of halogens is 2. The number of carbonyl (C=O) groups excluding carboxylic acids is 3. The number of pyridine rings is 1. The van der Waals surface area contributed by atoms with E-state index in [4.69, 9.17) is 5.73 Å². The molecule has 0 fully saturated rings. The quantitative estimate of drug-likeness (QED) is 0.465. The van der Waals surface area contributed by atoms with Crippen LogP contribution >= 0.6 is 15.9 Å². The number of hydrogen-bond acceptors (Lipinski definition) is 5. The van der Waals surface area contributed by atoms with Gasteiger partial charge in [-0.05, 0) is 42.5 Å². The number of hydrogen-bond donors (Lipinski definition) is 2. The maximum Gasteiger partial charge on any atom is 0.262 e. The number of fused-ring (bicyclic) bond motifs is 1. The topological polar surface area (TPSA) is 111 Å². The Morgan fingerprint density at radius 1 is 1.00 bits per heavy atom.